The highest BCUT2D eigenvalue weighted by molar-refractivity contribution is 5.94. The minimum absolute atomic E-state index is 0.230. The van der Waals surface area contributed by atoms with E-state index in [1.807, 2.05) is 80.4 Å². The highest BCUT2D eigenvalue weighted by atomic mass is 16.5. The van der Waals surface area contributed by atoms with Gasteiger partial charge in [0.1, 0.15) is 11.4 Å². The zero-order valence-electron chi connectivity index (χ0n) is 18.0. The maximum absolute atomic E-state index is 13.0. The quantitative estimate of drug-likeness (QED) is 0.653. The smallest absolute Gasteiger partial charge is 0.295 e. The van der Waals surface area contributed by atoms with Gasteiger partial charge in [-0.3, -0.25) is 19.2 Å². The van der Waals surface area contributed by atoms with E-state index in [9.17, 15) is 9.59 Å². The van der Waals surface area contributed by atoms with Crippen LogP contribution in [-0.4, -0.2) is 40.4 Å². The summed E-state index contributed by atoms with van der Waals surface area (Å²) in [5.41, 5.74) is 2.53. The molecule has 0 aliphatic carbocycles. The van der Waals surface area contributed by atoms with E-state index in [4.69, 9.17) is 4.74 Å². The molecule has 0 fully saturated rings. The second kappa shape index (κ2) is 9.00. The molecule has 3 rings (SSSR count). The monoisotopic (exact) mass is 408 g/mol. The lowest BCUT2D eigenvalue weighted by Crippen LogP contribution is -2.40. The Morgan fingerprint density at radius 1 is 1.17 bits per heavy atom. The molecule has 0 saturated heterocycles. The van der Waals surface area contributed by atoms with Crippen LogP contribution in [0, 0.1) is 6.92 Å². The van der Waals surface area contributed by atoms with Crippen LogP contribution >= 0.6 is 0 Å². The lowest BCUT2D eigenvalue weighted by atomic mass is 10.1. The SMILES string of the molecule is COc1cccc(CN(C)C(C)C(=O)Nc2c(C)n(C)n(-c3ccccc3)c2=O)c1. The lowest BCUT2D eigenvalue weighted by Gasteiger charge is -2.24. The van der Waals surface area contributed by atoms with Gasteiger partial charge in [-0.25, -0.2) is 4.68 Å². The van der Waals surface area contributed by atoms with E-state index < -0.39 is 6.04 Å². The fourth-order valence-electron chi connectivity index (χ4n) is 3.34. The van der Waals surface area contributed by atoms with Crippen molar-refractivity contribution in [2.45, 2.75) is 26.4 Å². The molecule has 30 heavy (non-hydrogen) atoms. The molecular weight excluding hydrogens is 380 g/mol. The number of carbonyl (C=O) groups excluding carboxylic acids is 1. The molecule has 1 aromatic heterocycles. The molecule has 1 unspecified atom stereocenters. The van der Waals surface area contributed by atoms with Gasteiger partial charge in [0, 0.05) is 13.6 Å². The number of hydrogen-bond acceptors (Lipinski definition) is 4. The van der Waals surface area contributed by atoms with E-state index >= 15 is 0 Å². The predicted octanol–water partition coefficient (Wildman–Crippen LogP) is 2.95. The van der Waals surface area contributed by atoms with Crippen molar-refractivity contribution in [3.63, 3.8) is 0 Å². The first-order valence-electron chi connectivity index (χ1n) is 9.81. The first-order chi connectivity index (χ1) is 14.3. The summed E-state index contributed by atoms with van der Waals surface area (Å²) in [5.74, 6) is 0.547. The van der Waals surface area contributed by atoms with Crippen molar-refractivity contribution in [2.24, 2.45) is 7.05 Å². The van der Waals surface area contributed by atoms with Crippen molar-refractivity contribution in [3.05, 3.63) is 76.2 Å². The number of carbonyl (C=O) groups is 1. The van der Waals surface area contributed by atoms with Crippen LogP contribution in [0.25, 0.3) is 5.69 Å². The van der Waals surface area contributed by atoms with Crippen LogP contribution in [0.3, 0.4) is 0 Å². The van der Waals surface area contributed by atoms with Crippen LogP contribution in [0.15, 0.2) is 59.4 Å². The van der Waals surface area contributed by atoms with Gasteiger partial charge in [0.05, 0.1) is 24.5 Å². The van der Waals surface area contributed by atoms with Gasteiger partial charge in [-0.05, 0) is 50.7 Å². The molecule has 1 N–H and O–H groups in total. The van der Waals surface area contributed by atoms with E-state index in [-0.39, 0.29) is 11.5 Å². The molecular formula is C23H28N4O3. The zero-order valence-corrected chi connectivity index (χ0v) is 18.0. The topological polar surface area (TPSA) is 68.5 Å². The fourth-order valence-corrected chi connectivity index (χ4v) is 3.34. The fraction of sp³-hybridized carbons (Fsp3) is 0.304. The molecule has 2 aromatic carbocycles. The Labute approximate surface area is 176 Å². The molecule has 0 spiro atoms. The van der Waals surface area contributed by atoms with Crippen LogP contribution in [0.4, 0.5) is 5.69 Å². The van der Waals surface area contributed by atoms with E-state index in [1.165, 1.54) is 0 Å². The largest absolute Gasteiger partial charge is 0.497 e. The number of likely N-dealkylation sites (N-methyl/N-ethyl adjacent to an activating group) is 1. The second-order valence-electron chi connectivity index (χ2n) is 7.37. The zero-order chi connectivity index (χ0) is 21.8. The minimum Gasteiger partial charge on any atom is -0.497 e. The molecule has 0 radical (unpaired) electrons. The number of hydrogen-bond donors (Lipinski definition) is 1. The van der Waals surface area contributed by atoms with Crippen LogP contribution in [-0.2, 0) is 18.4 Å². The number of nitrogens with one attached hydrogen (secondary N) is 1. The van der Waals surface area contributed by atoms with Crippen molar-refractivity contribution in [2.75, 3.05) is 19.5 Å². The third kappa shape index (κ3) is 4.31. The van der Waals surface area contributed by atoms with Crippen molar-refractivity contribution >= 4 is 11.6 Å². The Morgan fingerprint density at radius 3 is 2.53 bits per heavy atom. The molecule has 0 bridgehead atoms. The number of rotatable bonds is 7. The third-order valence-electron chi connectivity index (χ3n) is 5.41. The van der Waals surface area contributed by atoms with E-state index in [2.05, 4.69) is 5.32 Å². The van der Waals surface area contributed by atoms with Gasteiger partial charge in [0.2, 0.25) is 5.91 Å². The van der Waals surface area contributed by atoms with Crippen molar-refractivity contribution in [3.8, 4) is 11.4 Å². The number of benzene rings is 2. The van der Waals surface area contributed by atoms with Gasteiger partial charge in [-0.2, -0.15) is 0 Å². The Hall–Kier alpha value is -3.32. The summed E-state index contributed by atoms with van der Waals surface area (Å²) in [7, 11) is 5.31. The standard InChI is InChI=1S/C23H28N4O3/c1-16-21(23(29)27(26(16)4)19-11-7-6-8-12-19)24-22(28)17(2)25(3)15-18-10-9-13-20(14-18)30-5/h6-14,17H,15H2,1-5H3,(H,24,28). The number of methoxy groups -OCH3 is 1. The molecule has 3 aromatic rings. The summed E-state index contributed by atoms with van der Waals surface area (Å²) < 4.78 is 8.56. The number of nitrogens with zero attached hydrogens (tertiary/aromatic N) is 3. The summed E-state index contributed by atoms with van der Waals surface area (Å²) in [6.07, 6.45) is 0. The molecule has 1 atom stereocenters. The molecule has 7 nitrogen and oxygen atoms in total. The van der Waals surface area contributed by atoms with E-state index in [0.717, 1.165) is 17.0 Å². The first kappa shape index (κ1) is 21.4. The second-order valence-corrected chi connectivity index (χ2v) is 7.37. The number of ether oxygens (including phenoxy) is 1. The van der Waals surface area contributed by atoms with Crippen LogP contribution < -0.4 is 15.6 Å². The summed E-state index contributed by atoms with van der Waals surface area (Å²) in [6.45, 7) is 4.22. The van der Waals surface area contributed by atoms with Gasteiger partial charge >= 0.3 is 0 Å². The Balaban J connectivity index is 1.77. The molecule has 7 heteroatoms. The van der Waals surface area contributed by atoms with Gasteiger partial charge in [0.25, 0.3) is 5.56 Å². The summed E-state index contributed by atoms with van der Waals surface area (Å²) >= 11 is 0. The van der Waals surface area contributed by atoms with Crippen molar-refractivity contribution < 1.29 is 9.53 Å². The molecule has 0 saturated carbocycles. The Morgan fingerprint density at radius 2 is 1.87 bits per heavy atom. The number of anilines is 1. The minimum atomic E-state index is -0.430. The van der Waals surface area contributed by atoms with Crippen LogP contribution in [0.5, 0.6) is 5.75 Å². The van der Waals surface area contributed by atoms with Gasteiger partial charge in [-0.1, -0.05) is 30.3 Å². The lowest BCUT2D eigenvalue weighted by molar-refractivity contribution is -0.120. The molecule has 0 aliphatic rings. The van der Waals surface area contributed by atoms with Crippen molar-refractivity contribution in [1.29, 1.82) is 0 Å². The average Bonchev–Trinajstić information content (AvgIpc) is 2.96. The highest BCUT2D eigenvalue weighted by Gasteiger charge is 2.23. The van der Waals surface area contributed by atoms with Crippen LogP contribution in [0.1, 0.15) is 18.2 Å². The van der Waals surface area contributed by atoms with E-state index in [1.54, 1.807) is 23.5 Å². The summed E-state index contributed by atoms with van der Waals surface area (Å²) in [4.78, 5) is 27.8. The van der Waals surface area contributed by atoms with Gasteiger partial charge in [-0.15, -0.1) is 0 Å². The normalized spacial score (nSPS) is 12.1. The first-order valence-corrected chi connectivity index (χ1v) is 9.81. The predicted molar refractivity (Wildman–Crippen MR) is 118 cm³/mol. The summed E-state index contributed by atoms with van der Waals surface area (Å²) in [5, 5.41) is 2.84. The van der Waals surface area contributed by atoms with E-state index in [0.29, 0.717) is 17.9 Å². The average molecular weight is 409 g/mol. The number of para-hydroxylation sites is 1. The molecule has 158 valence electrons. The maximum atomic E-state index is 13.0. The number of amides is 1. The highest BCUT2D eigenvalue weighted by Crippen LogP contribution is 2.17. The molecule has 0 aliphatic heterocycles. The summed E-state index contributed by atoms with van der Waals surface area (Å²) in [6, 6.07) is 16.7. The van der Waals surface area contributed by atoms with Gasteiger partial charge < -0.3 is 10.1 Å². The molecule has 1 amide bonds. The molecule has 1 heterocycles. The maximum Gasteiger partial charge on any atom is 0.295 e. The Bertz CT molecular complexity index is 1090. The van der Waals surface area contributed by atoms with Gasteiger partial charge in [0.15, 0.2) is 0 Å². The van der Waals surface area contributed by atoms with Crippen molar-refractivity contribution in [1.82, 2.24) is 14.3 Å². The van der Waals surface area contributed by atoms with Crippen LogP contribution in [0.2, 0.25) is 0 Å². The Kier molecular flexibility index (Phi) is 6.42. The number of aromatic nitrogens is 2. The third-order valence-corrected chi connectivity index (χ3v) is 5.41.